The first-order valence-electron chi connectivity index (χ1n) is 9.92. The van der Waals surface area contributed by atoms with Crippen molar-refractivity contribution >= 4 is 22.5 Å². The fourth-order valence-electron chi connectivity index (χ4n) is 3.38. The van der Waals surface area contributed by atoms with Crippen molar-refractivity contribution in [1.82, 2.24) is 10.3 Å². The number of hydrogen-bond acceptors (Lipinski definition) is 4. The summed E-state index contributed by atoms with van der Waals surface area (Å²) in [5.41, 5.74) is 3.69. The Hall–Kier alpha value is -3.93. The molecule has 0 aliphatic carbocycles. The maximum absolute atomic E-state index is 13.4. The third kappa shape index (κ3) is 4.48. The van der Waals surface area contributed by atoms with E-state index in [1.54, 1.807) is 36.5 Å². The molecule has 4 rings (SSSR count). The van der Waals surface area contributed by atoms with Crippen LogP contribution in [-0.2, 0) is 6.54 Å². The molecule has 0 aliphatic rings. The standard InChI is InChI=1S/C25H22FN3O2/c1-16-20(25(30)29-15-17-5-3-6-18(26)13-17)7-4-8-23(16)31-24-11-12-28-22-14-19(27-2)9-10-21(22)24/h3-14,27H,15H2,1-2H3,(H,29,30). The Morgan fingerprint density at radius 2 is 1.87 bits per heavy atom. The molecule has 0 spiro atoms. The summed E-state index contributed by atoms with van der Waals surface area (Å²) in [6, 6.07) is 19.2. The Kier molecular flexibility index (Phi) is 5.80. The molecule has 0 fully saturated rings. The lowest BCUT2D eigenvalue weighted by molar-refractivity contribution is 0.0950. The molecule has 0 radical (unpaired) electrons. The van der Waals surface area contributed by atoms with Gasteiger partial charge in [-0.2, -0.15) is 0 Å². The van der Waals surface area contributed by atoms with Gasteiger partial charge in [-0.25, -0.2) is 4.39 Å². The zero-order chi connectivity index (χ0) is 21.8. The van der Waals surface area contributed by atoms with Gasteiger partial charge in [0.25, 0.3) is 5.91 Å². The van der Waals surface area contributed by atoms with Crippen LogP contribution in [0.2, 0.25) is 0 Å². The number of ether oxygens (including phenoxy) is 1. The molecular formula is C25H22FN3O2. The monoisotopic (exact) mass is 415 g/mol. The maximum atomic E-state index is 13.4. The van der Waals surface area contributed by atoms with Crippen molar-refractivity contribution in [3.63, 3.8) is 0 Å². The van der Waals surface area contributed by atoms with Crippen LogP contribution in [0.4, 0.5) is 10.1 Å². The summed E-state index contributed by atoms with van der Waals surface area (Å²) in [5, 5.41) is 6.81. The highest BCUT2D eigenvalue weighted by Gasteiger charge is 2.14. The highest BCUT2D eigenvalue weighted by molar-refractivity contribution is 5.96. The Balaban J connectivity index is 1.56. The van der Waals surface area contributed by atoms with Crippen molar-refractivity contribution in [3.8, 4) is 11.5 Å². The lowest BCUT2D eigenvalue weighted by Crippen LogP contribution is -2.23. The second kappa shape index (κ2) is 8.83. The van der Waals surface area contributed by atoms with Gasteiger partial charge in [0.2, 0.25) is 0 Å². The molecule has 156 valence electrons. The van der Waals surface area contributed by atoms with Crippen LogP contribution in [0.5, 0.6) is 11.5 Å². The number of pyridine rings is 1. The average molecular weight is 415 g/mol. The lowest BCUT2D eigenvalue weighted by Gasteiger charge is -2.14. The summed E-state index contributed by atoms with van der Waals surface area (Å²) in [4.78, 5) is 17.1. The largest absolute Gasteiger partial charge is 0.456 e. The van der Waals surface area contributed by atoms with Crippen molar-refractivity contribution in [3.05, 3.63) is 95.4 Å². The van der Waals surface area contributed by atoms with Gasteiger partial charge < -0.3 is 15.4 Å². The van der Waals surface area contributed by atoms with Gasteiger partial charge in [0.1, 0.15) is 17.3 Å². The lowest BCUT2D eigenvalue weighted by atomic mass is 10.1. The molecule has 1 amide bonds. The molecule has 1 aromatic heterocycles. The van der Waals surface area contributed by atoms with Crippen molar-refractivity contribution < 1.29 is 13.9 Å². The number of nitrogens with zero attached hydrogens (tertiary/aromatic N) is 1. The van der Waals surface area contributed by atoms with E-state index in [0.717, 1.165) is 22.2 Å². The number of carbonyl (C=O) groups is 1. The Bertz CT molecular complexity index is 1260. The second-order valence-corrected chi connectivity index (χ2v) is 7.13. The quantitative estimate of drug-likeness (QED) is 0.440. The van der Waals surface area contributed by atoms with Crippen LogP contribution in [0, 0.1) is 12.7 Å². The van der Waals surface area contributed by atoms with E-state index >= 15 is 0 Å². The van der Waals surface area contributed by atoms with Crippen molar-refractivity contribution in [2.24, 2.45) is 0 Å². The molecule has 0 atom stereocenters. The van der Waals surface area contributed by atoms with Crippen LogP contribution in [0.1, 0.15) is 21.5 Å². The first-order valence-corrected chi connectivity index (χ1v) is 9.92. The fraction of sp³-hybridized carbons (Fsp3) is 0.120. The highest BCUT2D eigenvalue weighted by atomic mass is 19.1. The number of nitrogens with one attached hydrogen (secondary N) is 2. The molecule has 0 bridgehead atoms. The van der Waals surface area contributed by atoms with Gasteiger partial charge in [-0.05, 0) is 61.0 Å². The van der Waals surface area contributed by atoms with Crippen molar-refractivity contribution in [1.29, 1.82) is 0 Å². The van der Waals surface area contributed by atoms with Gasteiger partial charge in [0.15, 0.2) is 0 Å². The molecule has 0 aliphatic heterocycles. The van der Waals surface area contributed by atoms with E-state index < -0.39 is 0 Å². The number of halogens is 1. The summed E-state index contributed by atoms with van der Waals surface area (Å²) >= 11 is 0. The zero-order valence-electron chi connectivity index (χ0n) is 17.3. The smallest absolute Gasteiger partial charge is 0.251 e. The third-order valence-electron chi connectivity index (χ3n) is 5.08. The van der Waals surface area contributed by atoms with Crippen LogP contribution >= 0.6 is 0 Å². The van der Waals surface area contributed by atoms with E-state index in [9.17, 15) is 9.18 Å². The number of benzene rings is 3. The highest BCUT2D eigenvalue weighted by Crippen LogP contribution is 2.32. The molecule has 5 nitrogen and oxygen atoms in total. The molecule has 1 heterocycles. The van der Waals surface area contributed by atoms with E-state index in [4.69, 9.17) is 4.74 Å². The van der Waals surface area contributed by atoms with E-state index in [1.807, 2.05) is 38.2 Å². The van der Waals surface area contributed by atoms with E-state index in [2.05, 4.69) is 15.6 Å². The second-order valence-electron chi connectivity index (χ2n) is 7.13. The Morgan fingerprint density at radius 3 is 2.68 bits per heavy atom. The van der Waals surface area contributed by atoms with Gasteiger partial charge in [-0.15, -0.1) is 0 Å². The number of amides is 1. The van der Waals surface area contributed by atoms with E-state index in [1.165, 1.54) is 12.1 Å². The predicted octanol–water partition coefficient (Wildman–Crippen LogP) is 5.45. The number of hydrogen-bond donors (Lipinski definition) is 2. The number of aromatic nitrogens is 1. The zero-order valence-corrected chi connectivity index (χ0v) is 17.3. The van der Waals surface area contributed by atoms with Gasteiger partial charge >= 0.3 is 0 Å². The van der Waals surface area contributed by atoms with Crippen LogP contribution in [0.25, 0.3) is 10.9 Å². The number of carbonyl (C=O) groups excluding carboxylic acids is 1. The fourth-order valence-corrected chi connectivity index (χ4v) is 3.38. The van der Waals surface area contributed by atoms with E-state index in [0.29, 0.717) is 22.6 Å². The van der Waals surface area contributed by atoms with Gasteiger partial charge in [0.05, 0.1) is 5.52 Å². The maximum Gasteiger partial charge on any atom is 0.251 e. The summed E-state index contributed by atoms with van der Waals surface area (Å²) in [7, 11) is 1.86. The minimum Gasteiger partial charge on any atom is -0.456 e. The Labute approximate surface area is 179 Å². The van der Waals surface area contributed by atoms with Crippen molar-refractivity contribution in [2.75, 3.05) is 12.4 Å². The number of rotatable bonds is 6. The number of anilines is 1. The molecule has 0 saturated carbocycles. The molecule has 2 N–H and O–H groups in total. The van der Waals surface area contributed by atoms with Crippen LogP contribution in [0.15, 0.2) is 72.9 Å². The van der Waals surface area contributed by atoms with Gasteiger partial charge in [-0.1, -0.05) is 18.2 Å². The molecule has 31 heavy (non-hydrogen) atoms. The van der Waals surface area contributed by atoms with Gasteiger partial charge in [-0.3, -0.25) is 9.78 Å². The first kappa shape index (κ1) is 20.3. The topological polar surface area (TPSA) is 63.2 Å². The molecule has 3 aromatic carbocycles. The summed E-state index contributed by atoms with van der Waals surface area (Å²) in [6.45, 7) is 2.08. The SMILES string of the molecule is CNc1ccc2c(Oc3cccc(C(=O)NCc4cccc(F)c4)c3C)ccnc2c1. The average Bonchev–Trinajstić information content (AvgIpc) is 2.78. The predicted molar refractivity (Wildman–Crippen MR) is 120 cm³/mol. The normalized spacial score (nSPS) is 10.7. The molecule has 0 saturated heterocycles. The summed E-state index contributed by atoms with van der Waals surface area (Å²) in [6.07, 6.45) is 1.70. The summed E-state index contributed by atoms with van der Waals surface area (Å²) in [5.74, 6) is 0.673. The minimum atomic E-state index is -0.329. The van der Waals surface area contributed by atoms with Crippen LogP contribution < -0.4 is 15.4 Å². The molecule has 4 aromatic rings. The van der Waals surface area contributed by atoms with E-state index in [-0.39, 0.29) is 18.3 Å². The Morgan fingerprint density at radius 1 is 1.03 bits per heavy atom. The number of fused-ring (bicyclic) bond motifs is 1. The summed E-state index contributed by atoms with van der Waals surface area (Å²) < 4.78 is 19.5. The molecule has 0 unspecified atom stereocenters. The molecular weight excluding hydrogens is 393 g/mol. The van der Waals surface area contributed by atoms with Gasteiger partial charge in [0, 0.05) is 42.0 Å². The van der Waals surface area contributed by atoms with Crippen LogP contribution in [-0.4, -0.2) is 17.9 Å². The molecule has 6 heteroatoms. The first-order chi connectivity index (χ1) is 15.0. The third-order valence-corrected chi connectivity index (χ3v) is 5.08. The minimum absolute atomic E-state index is 0.240. The van der Waals surface area contributed by atoms with Crippen LogP contribution in [0.3, 0.4) is 0 Å². The van der Waals surface area contributed by atoms with Crippen molar-refractivity contribution in [2.45, 2.75) is 13.5 Å².